The van der Waals surface area contributed by atoms with Crippen LogP contribution >= 0.6 is 0 Å². The van der Waals surface area contributed by atoms with Gasteiger partial charge < -0.3 is 15.1 Å². The van der Waals surface area contributed by atoms with E-state index in [2.05, 4.69) is 47.3 Å². The molecule has 2 fully saturated rings. The normalized spacial score (nSPS) is 21.1. The summed E-state index contributed by atoms with van der Waals surface area (Å²) in [6.07, 6.45) is 7.14. The molecular weight excluding hydrogens is 390 g/mol. The number of carbonyl (C=O) groups is 1. The smallest absolute Gasteiger partial charge is 0.245 e. The SMILES string of the molecule is CC(C)(C)c1cc(Nc2nc(N3CCC[C@@H]3C(=O)N3CCCC3)nc3c2CCC3)n[nH]1. The zero-order valence-corrected chi connectivity index (χ0v) is 18.9. The Morgan fingerprint density at radius 2 is 1.90 bits per heavy atom. The van der Waals surface area contributed by atoms with Crippen molar-refractivity contribution in [2.75, 3.05) is 29.9 Å². The number of anilines is 3. The van der Waals surface area contributed by atoms with Gasteiger partial charge in [0, 0.05) is 42.4 Å². The minimum absolute atomic E-state index is 0.00438. The average Bonchev–Trinajstić information content (AvgIpc) is 3.53. The largest absolute Gasteiger partial charge is 0.341 e. The first-order valence-corrected chi connectivity index (χ1v) is 11.7. The Labute approximate surface area is 183 Å². The Balaban J connectivity index is 1.43. The number of H-pyrrole nitrogens is 1. The van der Waals surface area contributed by atoms with Crippen molar-refractivity contribution >= 4 is 23.5 Å². The highest BCUT2D eigenvalue weighted by Gasteiger charge is 2.37. The number of fused-ring (bicyclic) bond motifs is 1. The molecule has 31 heavy (non-hydrogen) atoms. The number of nitrogens with one attached hydrogen (secondary N) is 2. The molecule has 0 aromatic carbocycles. The molecular formula is C23H33N7O. The van der Waals surface area contributed by atoms with Crippen molar-refractivity contribution < 1.29 is 4.79 Å². The van der Waals surface area contributed by atoms with Crippen molar-refractivity contribution in [1.29, 1.82) is 0 Å². The minimum atomic E-state index is -0.136. The fourth-order valence-corrected chi connectivity index (χ4v) is 4.95. The Morgan fingerprint density at radius 3 is 2.65 bits per heavy atom. The molecule has 0 unspecified atom stereocenters. The van der Waals surface area contributed by atoms with Gasteiger partial charge in [0.2, 0.25) is 11.9 Å². The molecule has 1 atom stereocenters. The van der Waals surface area contributed by atoms with E-state index < -0.39 is 0 Å². The Bertz CT molecular complexity index is 971. The highest BCUT2D eigenvalue weighted by molar-refractivity contribution is 5.85. The van der Waals surface area contributed by atoms with Crippen LogP contribution < -0.4 is 10.2 Å². The predicted octanol–water partition coefficient (Wildman–Crippen LogP) is 3.32. The van der Waals surface area contributed by atoms with E-state index in [1.807, 2.05) is 4.90 Å². The Kier molecular flexibility index (Phi) is 5.10. The van der Waals surface area contributed by atoms with Crippen molar-refractivity contribution in [3.05, 3.63) is 23.0 Å². The molecule has 1 amide bonds. The van der Waals surface area contributed by atoms with E-state index >= 15 is 0 Å². The van der Waals surface area contributed by atoms with Crippen LogP contribution in [0.2, 0.25) is 0 Å². The van der Waals surface area contributed by atoms with E-state index in [-0.39, 0.29) is 17.4 Å². The zero-order chi connectivity index (χ0) is 21.6. The quantitative estimate of drug-likeness (QED) is 0.784. The van der Waals surface area contributed by atoms with Gasteiger partial charge in [-0.05, 0) is 44.9 Å². The highest BCUT2D eigenvalue weighted by Crippen LogP contribution is 2.33. The second-order valence-electron chi connectivity index (χ2n) is 10.1. The molecule has 0 bridgehead atoms. The van der Waals surface area contributed by atoms with Crippen molar-refractivity contribution in [1.82, 2.24) is 25.1 Å². The van der Waals surface area contributed by atoms with E-state index in [4.69, 9.17) is 9.97 Å². The molecule has 0 saturated carbocycles. The van der Waals surface area contributed by atoms with Crippen LogP contribution in [0.3, 0.4) is 0 Å². The molecule has 2 aromatic heterocycles. The van der Waals surface area contributed by atoms with Crippen molar-refractivity contribution in [2.45, 2.75) is 77.2 Å². The maximum Gasteiger partial charge on any atom is 0.245 e. The van der Waals surface area contributed by atoms with Crippen molar-refractivity contribution in [3.8, 4) is 0 Å². The number of hydrogen-bond acceptors (Lipinski definition) is 6. The molecule has 2 aliphatic heterocycles. The van der Waals surface area contributed by atoms with Crippen LogP contribution in [0.1, 0.15) is 69.8 Å². The lowest BCUT2D eigenvalue weighted by atomic mass is 9.92. The van der Waals surface area contributed by atoms with Gasteiger partial charge in [0.1, 0.15) is 11.9 Å². The number of hydrogen-bond donors (Lipinski definition) is 2. The monoisotopic (exact) mass is 423 g/mol. The third-order valence-electron chi connectivity index (χ3n) is 6.77. The Morgan fingerprint density at radius 1 is 1.10 bits per heavy atom. The summed E-state index contributed by atoms with van der Waals surface area (Å²) in [5.41, 5.74) is 3.38. The summed E-state index contributed by atoms with van der Waals surface area (Å²) in [6.45, 7) is 9.09. The number of aryl methyl sites for hydroxylation is 1. The number of rotatable bonds is 4. The summed E-state index contributed by atoms with van der Waals surface area (Å²) in [4.78, 5) is 27.1. The molecule has 2 N–H and O–H groups in total. The van der Waals surface area contributed by atoms with Gasteiger partial charge in [-0.2, -0.15) is 10.1 Å². The molecule has 8 heteroatoms. The van der Waals surface area contributed by atoms with E-state index in [1.165, 1.54) is 5.56 Å². The molecule has 3 aliphatic rings. The lowest BCUT2D eigenvalue weighted by Crippen LogP contribution is -2.45. The van der Waals surface area contributed by atoms with Crippen LogP contribution in [0.5, 0.6) is 0 Å². The Hall–Kier alpha value is -2.64. The minimum Gasteiger partial charge on any atom is -0.341 e. The van der Waals surface area contributed by atoms with Gasteiger partial charge in [0.05, 0.1) is 5.69 Å². The molecule has 1 aliphatic carbocycles. The van der Waals surface area contributed by atoms with Gasteiger partial charge in [-0.1, -0.05) is 20.8 Å². The summed E-state index contributed by atoms with van der Waals surface area (Å²) >= 11 is 0. The second kappa shape index (κ2) is 7.80. The fraction of sp³-hybridized carbons (Fsp3) is 0.652. The van der Waals surface area contributed by atoms with Crippen LogP contribution in [-0.2, 0) is 23.1 Å². The standard InChI is InChI=1S/C23H33N7O/c1-23(2,3)18-14-19(28-27-18)25-20-15-8-6-9-16(15)24-22(26-20)30-13-7-10-17(30)21(31)29-11-4-5-12-29/h14,17H,4-13H2,1-3H3,(H2,24,25,26,27,28)/t17-/m1/s1. The fourth-order valence-electron chi connectivity index (χ4n) is 4.95. The summed E-state index contributed by atoms with van der Waals surface area (Å²) in [6, 6.07) is 1.92. The second-order valence-corrected chi connectivity index (χ2v) is 10.1. The van der Waals surface area contributed by atoms with Crippen molar-refractivity contribution in [2.24, 2.45) is 0 Å². The first-order chi connectivity index (χ1) is 14.9. The van der Waals surface area contributed by atoms with Crippen LogP contribution in [0, 0.1) is 0 Å². The molecule has 8 nitrogen and oxygen atoms in total. The number of likely N-dealkylation sites (tertiary alicyclic amines) is 1. The molecule has 166 valence electrons. The average molecular weight is 424 g/mol. The number of carbonyl (C=O) groups excluding carboxylic acids is 1. The first kappa shape index (κ1) is 20.3. The van der Waals surface area contributed by atoms with E-state index in [0.717, 1.165) is 87.6 Å². The summed E-state index contributed by atoms with van der Waals surface area (Å²) < 4.78 is 0. The van der Waals surface area contributed by atoms with E-state index in [9.17, 15) is 4.79 Å². The lowest BCUT2D eigenvalue weighted by Gasteiger charge is -2.28. The topological polar surface area (TPSA) is 90.0 Å². The molecule has 0 spiro atoms. The van der Waals surface area contributed by atoms with Crippen LogP contribution in [0.15, 0.2) is 6.07 Å². The molecule has 2 aromatic rings. The van der Waals surface area contributed by atoms with Gasteiger partial charge in [0.15, 0.2) is 5.82 Å². The van der Waals surface area contributed by atoms with Crippen LogP contribution in [0.4, 0.5) is 17.6 Å². The third-order valence-corrected chi connectivity index (χ3v) is 6.77. The molecule has 5 rings (SSSR count). The van der Waals surface area contributed by atoms with Crippen LogP contribution in [-0.4, -0.2) is 56.6 Å². The van der Waals surface area contributed by atoms with Gasteiger partial charge in [-0.3, -0.25) is 9.89 Å². The molecule has 2 saturated heterocycles. The zero-order valence-electron chi connectivity index (χ0n) is 18.9. The van der Waals surface area contributed by atoms with Crippen LogP contribution in [0.25, 0.3) is 0 Å². The summed E-state index contributed by atoms with van der Waals surface area (Å²) in [5, 5.41) is 11.0. The molecule has 4 heterocycles. The maximum atomic E-state index is 13.1. The third kappa shape index (κ3) is 3.88. The summed E-state index contributed by atoms with van der Waals surface area (Å²) in [7, 11) is 0. The number of aromatic nitrogens is 4. The van der Waals surface area contributed by atoms with Gasteiger partial charge in [-0.25, -0.2) is 4.98 Å². The van der Waals surface area contributed by atoms with Gasteiger partial charge >= 0.3 is 0 Å². The number of amides is 1. The van der Waals surface area contributed by atoms with E-state index in [1.54, 1.807) is 0 Å². The van der Waals surface area contributed by atoms with Gasteiger partial charge in [0.25, 0.3) is 0 Å². The highest BCUT2D eigenvalue weighted by atomic mass is 16.2. The van der Waals surface area contributed by atoms with Gasteiger partial charge in [-0.15, -0.1) is 0 Å². The lowest BCUT2D eigenvalue weighted by molar-refractivity contribution is -0.131. The maximum absolute atomic E-state index is 13.1. The first-order valence-electron chi connectivity index (χ1n) is 11.7. The number of aromatic amines is 1. The summed E-state index contributed by atoms with van der Waals surface area (Å²) in [5.74, 6) is 2.54. The van der Waals surface area contributed by atoms with Crippen molar-refractivity contribution in [3.63, 3.8) is 0 Å². The van der Waals surface area contributed by atoms with E-state index in [0.29, 0.717) is 5.95 Å². The molecule has 0 radical (unpaired) electrons. The number of nitrogens with zero attached hydrogens (tertiary/aromatic N) is 5. The predicted molar refractivity (Wildman–Crippen MR) is 121 cm³/mol.